The minimum atomic E-state index is -0.922. The van der Waals surface area contributed by atoms with Crippen LogP contribution in [0.1, 0.15) is 12.5 Å². The summed E-state index contributed by atoms with van der Waals surface area (Å²) in [6, 6.07) is 11.8. The Morgan fingerprint density at radius 3 is 2.54 bits per heavy atom. The number of hydrogen-bond acceptors (Lipinski definition) is 5. The highest BCUT2D eigenvalue weighted by Gasteiger charge is 2.15. The largest absolute Gasteiger partial charge is 0.495 e. The number of ether oxygens (including phenoxy) is 2. The molecule has 0 aromatic heterocycles. The number of carbonyl (C=O) groups is 2. The molecule has 0 radical (unpaired) electrons. The number of nitrogens with one attached hydrogen (secondary N) is 2. The molecular weight excluding hydrogens is 358 g/mol. The minimum Gasteiger partial charge on any atom is -0.495 e. The summed E-state index contributed by atoms with van der Waals surface area (Å²) >= 11 is 5.88. The van der Waals surface area contributed by atoms with Gasteiger partial charge < -0.3 is 14.8 Å². The first-order valence-corrected chi connectivity index (χ1v) is 8.12. The SMILES string of the molecule is CCOc1ccc(/C=N/NC(=O)C(=O)Nc2cc(Cl)ccc2OC)cc1. The van der Waals surface area contributed by atoms with Gasteiger partial charge in [0.15, 0.2) is 0 Å². The summed E-state index contributed by atoms with van der Waals surface area (Å²) in [6.45, 7) is 2.48. The highest BCUT2D eigenvalue weighted by atomic mass is 35.5. The van der Waals surface area contributed by atoms with Crippen molar-refractivity contribution in [2.24, 2.45) is 5.10 Å². The summed E-state index contributed by atoms with van der Waals surface area (Å²) in [6.07, 6.45) is 1.42. The van der Waals surface area contributed by atoms with Crippen LogP contribution >= 0.6 is 11.6 Å². The first-order chi connectivity index (χ1) is 12.5. The Morgan fingerprint density at radius 2 is 1.88 bits per heavy atom. The normalized spacial score (nSPS) is 10.4. The number of rotatable bonds is 6. The lowest BCUT2D eigenvalue weighted by atomic mass is 10.2. The molecule has 2 rings (SSSR count). The van der Waals surface area contributed by atoms with E-state index >= 15 is 0 Å². The summed E-state index contributed by atoms with van der Waals surface area (Å²) in [5, 5.41) is 6.58. The molecule has 26 heavy (non-hydrogen) atoms. The molecule has 0 bridgehead atoms. The number of benzene rings is 2. The van der Waals surface area contributed by atoms with E-state index < -0.39 is 11.8 Å². The predicted molar refractivity (Wildman–Crippen MR) is 100.0 cm³/mol. The van der Waals surface area contributed by atoms with E-state index in [1.165, 1.54) is 19.4 Å². The molecule has 0 atom stereocenters. The second-order valence-corrected chi connectivity index (χ2v) is 5.44. The average molecular weight is 376 g/mol. The van der Waals surface area contributed by atoms with E-state index in [-0.39, 0.29) is 5.69 Å². The Hall–Kier alpha value is -3.06. The Morgan fingerprint density at radius 1 is 1.15 bits per heavy atom. The lowest BCUT2D eigenvalue weighted by Gasteiger charge is -2.09. The van der Waals surface area contributed by atoms with Crippen LogP contribution in [-0.2, 0) is 9.59 Å². The molecule has 2 aromatic rings. The first-order valence-electron chi connectivity index (χ1n) is 7.74. The van der Waals surface area contributed by atoms with Crippen LogP contribution in [-0.4, -0.2) is 31.7 Å². The molecule has 2 amide bonds. The third kappa shape index (κ3) is 5.49. The van der Waals surface area contributed by atoms with Gasteiger partial charge in [-0.2, -0.15) is 5.10 Å². The Balaban J connectivity index is 1.93. The summed E-state index contributed by atoms with van der Waals surface area (Å²) in [7, 11) is 1.44. The number of methoxy groups -OCH3 is 1. The van der Waals surface area contributed by atoms with Gasteiger partial charge in [0.05, 0.1) is 25.6 Å². The molecule has 136 valence electrons. The maximum absolute atomic E-state index is 11.9. The van der Waals surface area contributed by atoms with Gasteiger partial charge in [0.25, 0.3) is 0 Å². The Labute approximate surface area is 155 Å². The molecule has 7 nitrogen and oxygen atoms in total. The summed E-state index contributed by atoms with van der Waals surface area (Å²) in [5.41, 5.74) is 3.19. The maximum atomic E-state index is 11.9. The van der Waals surface area contributed by atoms with Crippen LogP contribution in [0.25, 0.3) is 0 Å². The lowest BCUT2D eigenvalue weighted by molar-refractivity contribution is -0.136. The number of anilines is 1. The highest BCUT2D eigenvalue weighted by molar-refractivity contribution is 6.40. The summed E-state index contributed by atoms with van der Waals surface area (Å²) in [5.74, 6) is -0.694. The average Bonchev–Trinajstić information content (AvgIpc) is 2.63. The molecule has 0 saturated carbocycles. The number of hydrogen-bond donors (Lipinski definition) is 2. The lowest BCUT2D eigenvalue weighted by Crippen LogP contribution is -2.32. The van der Waals surface area contributed by atoms with Crippen molar-refractivity contribution in [1.29, 1.82) is 0 Å². The van der Waals surface area contributed by atoms with Crippen LogP contribution in [0.3, 0.4) is 0 Å². The predicted octanol–water partition coefficient (Wildman–Crippen LogP) is 2.84. The van der Waals surface area contributed by atoms with Gasteiger partial charge in [-0.25, -0.2) is 5.43 Å². The van der Waals surface area contributed by atoms with Gasteiger partial charge in [-0.1, -0.05) is 11.6 Å². The fraction of sp³-hybridized carbons (Fsp3) is 0.167. The van der Waals surface area contributed by atoms with Crippen molar-refractivity contribution in [3.63, 3.8) is 0 Å². The third-order valence-electron chi connectivity index (χ3n) is 3.19. The van der Waals surface area contributed by atoms with E-state index in [0.29, 0.717) is 17.4 Å². The fourth-order valence-corrected chi connectivity index (χ4v) is 2.16. The van der Waals surface area contributed by atoms with Crippen molar-refractivity contribution < 1.29 is 19.1 Å². The summed E-state index contributed by atoms with van der Waals surface area (Å²) < 4.78 is 10.4. The van der Waals surface area contributed by atoms with Gasteiger partial charge in [0, 0.05) is 5.02 Å². The van der Waals surface area contributed by atoms with Crippen LogP contribution in [0.4, 0.5) is 5.69 Å². The Bertz CT molecular complexity index is 807. The zero-order valence-corrected chi connectivity index (χ0v) is 15.0. The van der Waals surface area contributed by atoms with Gasteiger partial charge in [0.1, 0.15) is 11.5 Å². The van der Waals surface area contributed by atoms with Gasteiger partial charge in [0.2, 0.25) is 0 Å². The van der Waals surface area contributed by atoms with Crippen molar-refractivity contribution in [3.05, 3.63) is 53.1 Å². The van der Waals surface area contributed by atoms with Crippen molar-refractivity contribution in [3.8, 4) is 11.5 Å². The smallest absolute Gasteiger partial charge is 0.329 e. The third-order valence-corrected chi connectivity index (χ3v) is 3.42. The first kappa shape index (κ1) is 19.3. The summed E-state index contributed by atoms with van der Waals surface area (Å²) in [4.78, 5) is 23.8. The second kappa shape index (κ2) is 9.43. The molecule has 0 saturated heterocycles. The highest BCUT2D eigenvalue weighted by Crippen LogP contribution is 2.27. The molecule has 0 aliphatic heterocycles. The van der Waals surface area contributed by atoms with Crippen LogP contribution in [0.15, 0.2) is 47.6 Å². The quantitative estimate of drug-likeness (QED) is 0.461. The molecule has 0 aliphatic rings. The van der Waals surface area contributed by atoms with Crippen molar-refractivity contribution in [2.75, 3.05) is 19.0 Å². The molecule has 0 unspecified atom stereocenters. The van der Waals surface area contributed by atoms with Crippen LogP contribution in [0, 0.1) is 0 Å². The monoisotopic (exact) mass is 375 g/mol. The van der Waals surface area contributed by atoms with Gasteiger partial charge in [-0.15, -0.1) is 0 Å². The second-order valence-electron chi connectivity index (χ2n) is 5.00. The van der Waals surface area contributed by atoms with Gasteiger partial charge >= 0.3 is 11.8 Å². The van der Waals surface area contributed by atoms with E-state index in [1.807, 2.05) is 6.92 Å². The number of amides is 2. The van der Waals surface area contributed by atoms with Crippen LogP contribution < -0.4 is 20.2 Å². The number of carbonyl (C=O) groups excluding carboxylic acids is 2. The van der Waals surface area contributed by atoms with E-state index in [9.17, 15) is 9.59 Å². The van der Waals surface area contributed by atoms with E-state index in [0.717, 1.165) is 11.3 Å². The van der Waals surface area contributed by atoms with Gasteiger partial charge in [-0.3, -0.25) is 9.59 Å². The number of nitrogens with zero attached hydrogens (tertiary/aromatic N) is 1. The van der Waals surface area contributed by atoms with E-state index in [4.69, 9.17) is 21.1 Å². The molecule has 2 aromatic carbocycles. The molecule has 0 spiro atoms. The van der Waals surface area contributed by atoms with Gasteiger partial charge in [-0.05, 0) is 55.0 Å². The number of halogens is 1. The minimum absolute atomic E-state index is 0.288. The fourth-order valence-electron chi connectivity index (χ4n) is 1.99. The molecule has 8 heteroatoms. The molecule has 0 heterocycles. The van der Waals surface area contributed by atoms with Crippen LogP contribution in [0.5, 0.6) is 11.5 Å². The molecule has 0 fully saturated rings. The van der Waals surface area contributed by atoms with Crippen LogP contribution in [0.2, 0.25) is 5.02 Å². The number of hydrazone groups is 1. The van der Waals surface area contributed by atoms with E-state index in [2.05, 4.69) is 15.8 Å². The molecule has 0 aliphatic carbocycles. The zero-order valence-electron chi connectivity index (χ0n) is 14.3. The standard InChI is InChI=1S/C18H18ClN3O4/c1-3-26-14-7-4-12(5-8-14)11-20-22-18(24)17(23)21-15-10-13(19)6-9-16(15)25-2/h4-11H,3H2,1-2H3,(H,21,23)(H,22,24)/b20-11+. The Kier molecular flexibility index (Phi) is 6.99. The van der Waals surface area contributed by atoms with Crippen molar-refractivity contribution in [1.82, 2.24) is 5.43 Å². The van der Waals surface area contributed by atoms with Crippen molar-refractivity contribution >= 4 is 35.3 Å². The van der Waals surface area contributed by atoms with E-state index in [1.54, 1.807) is 36.4 Å². The molecule has 2 N–H and O–H groups in total. The topological polar surface area (TPSA) is 89.0 Å². The molecular formula is C18H18ClN3O4. The van der Waals surface area contributed by atoms with Crippen molar-refractivity contribution in [2.45, 2.75) is 6.92 Å². The zero-order chi connectivity index (χ0) is 18.9. The maximum Gasteiger partial charge on any atom is 0.329 e.